The van der Waals surface area contributed by atoms with Crippen LogP contribution in [0.1, 0.15) is 26.2 Å². The minimum Gasteiger partial charge on any atom is -0.748 e. The van der Waals surface area contributed by atoms with E-state index in [-0.39, 0.29) is 42.0 Å². The molecule has 0 aromatic carbocycles. The molecule has 0 aromatic heterocycles. The van der Waals surface area contributed by atoms with Gasteiger partial charge in [0, 0.05) is 6.54 Å². The van der Waals surface area contributed by atoms with Crippen LogP contribution in [0.4, 0.5) is 0 Å². The Kier molecular flexibility index (Phi) is 11.9. The number of allylic oxidation sites excluding steroid dienone is 1. The van der Waals surface area contributed by atoms with Crippen molar-refractivity contribution in [1.82, 2.24) is 5.32 Å². The maximum atomic E-state index is 11.0. The average Bonchev–Trinajstić information content (AvgIpc) is 2.10. The van der Waals surface area contributed by atoms with Crippen LogP contribution in [-0.2, 0) is 14.9 Å². The fourth-order valence-electron chi connectivity index (χ4n) is 0.871. The van der Waals surface area contributed by atoms with Gasteiger partial charge in [0.05, 0.1) is 15.9 Å². The molecular formula is C9H16NNaO4S. The van der Waals surface area contributed by atoms with Crippen LogP contribution in [0.15, 0.2) is 12.2 Å². The molecule has 0 aliphatic heterocycles. The molecule has 7 heteroatoms. The minimum atomic E-state index is -4.24. The van der Waals surface area contributed by atoms with Crippen molar-refractivity contribution < 1.29 is 47.3 Å². The summed E-state index contributed by atoms with van der Waals surface area (Å²) in [5, 5.41) is 2.31. The first kappa shape index (κ1) is 18.5. The fraction of sp³-hybridized carbons (Fsp3) is 0.667. The first-order chi connectivity index (χ1) is 6.95. The Morgan fingerprint density at radius 2 is 2.06 bits per heavy atom. The Morgan fingerprint density at radius 1 is 1.44 bits per heavy atom. The zero-order chi connectivity index (χ0) is 11.7. The smallest absolute Gasteiger partial charge is 0.748 e. The van der Waals surface area contributed by atoms with E-state index in [4.69, 9.17) is 0 Å². The number of rotatable bonds is 7. The quantitative estimate of drug-likeness (QED) is 0.234. The van der Waals surface area contributed by atoms with Crippen LogP contribution in [0.5, 0.6) is 0 Å². The number of hydrogen-bond donors (Lipinski definition) is 1. The third-order valence-corrected chi connectivity index (χ3v) is 2.35. The number of hydrogen-bond acceptors (Lipinski definition) is 4. The van der Waals surface area contributed by atoms with Crippen LogP contribution >= 0.6 is 0 Å². The van der Waals surface area contributed by atoms with Gasteiger partial charge in [-0.15, -0.1) is 0 Å². The molecule has 5 nitrogen and oxygen atoms in total. The number of unbranched alkanes of at least 4 members (excludes halogenated alkanes) is 2. The monoisotopic (exact) mass is 257 g/mol. The van der Waals surface area contributed by atoms with Gasteiger partial charge in [0.25, 0.3) is 0 Å². The maximum absolute atomic E-state index is 11.0. The summed E-state index contributed by atoms with van der Waals surface area (Å²) in [6.45, 7) is 1.91. The molecule has 0 saturated carbocycles. The van der Waals surface area contributed by atoms with Gasteiger partial charge in [0.2, 0.25) is 5.91 Å². The van der Waals surface area contributed by atoms with Crippen LogP contribution in [0.25, 0.3) is 0 Å². The zero-order valence-corrected chi connectivity index (χ0v) is 12.5. The van der Waals surface area contributed by atoms with Gasteiger partial charge in [-0.25, -0.2) is 8.42 Å². The van der Waals surface area contributed by atoms with E-state index in [1.165, 1.54) is 6.08 Å². The molecule has 0 atom stereocenters. The summed E-state index contributed by atoms with van der Waals surface area (Å²) in [4.78, 5) is 11.0. The molecule has 0 radical (unpaired) electrons. The summed E-state index contributed by atoms with van der Waals surface area (Å²) in [7, 11) is -4.24. The van der Waals surface area contributed by atoms with Gasteiger partial charge in [-0.2, -0.15) is 0 Å². The number of amides is 1. The summed E-state index contributed by atoms with van der Waals surface area (Å²) in [5.74, 6) is -0.934. The molecule has 0 spiro atoms. The first-order valence-electron chi connectivity index (χ1n) is 4.83. The predicted molar refractivity (Wildman–Crippen MR) is 56.2 cm³/mol. The van der Waals surface area contributed by atoms with E-state index in [2.05, 4.69) is 5.32 Å². The fourth-order valence-corrected chi connectivity index (χ4v) is 1.22. The van der Waals surface area contributed by atoms with E-state index in [0.29, 0.717) is 0 Å². The van der Waals surface area contributed by atoms with E-state index < -0.39 is 15.9 Å². The summed E-state index contributed by atoms with van der Waals surface area (Å²) >= 11 is 0. The van der Waals surface area contributed by atoms with Gasteiger partial charge < -0.3 is 9.87 Å². The summed E-state index contributed by atoms with van der Waals surface area (Å²) in [6, 6.07) is 0. The molecule has 0 rings (SSSR count). The summed E-state index contributed by atoms with van der Waals surface area (Å²) in [6.07, 6.45) is 5.97. The molecule has 88 valence electrons. The Bertz CT molecular complexity index is 313. The number of carbonyl (C=O) groups is 1. The molecule has 0 heterocycles. The van der Waals surface area contributed by atoms with E-state index >= 15 is 0 Å². The average molecular weight is 257 g/mol. The van der Waals surface area contributed by atoms with Crippen molar-refractivity contribution in [3.05, 3.63) is 12.2 Å². The van der Waals surface area contributed by atoms with Crippen LogP contribution in [0, 0.1) is 0 Å². The van der Waals surface area contributed by atoms with Gasteiger partial charge in [-0.3, -0.25) is 4.79 Å². The van der Waals surface area contributed by atoms with Crippen molar-refractivity contribution in [3.63, 3.8) is 0 Å². The van der Waals surface area contributed by atoms with Crippen molar-refractivity contribution in [2.45, 2.75) is 26.2 Å². The van der Waals surface area contributed by atoms with Gasteiger partial charge in [-0.1, -0.05) is 25.8 Å². The molecule has 0 bridgehead atoms. The Labute approximate surface area is 119 Å². The number of nitrogens with one attached hydrogen (secondary N) is 1. The van der Waals surface area contributed by atoms with Crippen LogP contribution in [0.2, 0.25) is 0 Å². The maximum Gasteiger partial charge on any atom is 1.00 e. The Hall–Kier alpha value is 0.120. The molecule has 16 heavy (non-hydrogen) atoms. The standard InChI is InChI=1S/C9H17NO4S.Na/c1-2-3-4-5-6-9(11)10-7-8-15(12,13)14;/h5-6H,2-4,7-8H2,1H3,(H,10,11)(H,12,13,14);/q;+1/p-1. The van der Waals surface area contributed by atoms with Gasteiger partial charge in [-0.05, 0) is 12.5 Å². The second-order valence-electron chi connectivity index (χ2n) is 3.10. The van der Waals surface area contributed by atoms with Crippen molar-refractivity contribution in [2.24, 2.45) is 0 Å². The van der Waals surface area contributed by atoms with E-state index in [1.807, 2.05) is 6.92 Å². The van der Waals surface area contributed by atoms with Gasteiger partial charge >= 0.3 is 29.6 Å². The topological polar surface area (TPSA) is 86.3 Å². The van der Waals surface area contributed by atoms with Crippen LogP contribution in [0.3, 0.4) is 0 Å². The van der Waals surface area contributed by atoms with Gasteiger partial charge in [0.15, 0.2) is 0 Å². The third kappa shape index (κ3) is 14.1. The largest absolute Gasteiger partial charge is 1.00 e. The molecular weight excluding hydrogens is 241 g/mol. The van der Waals surface area contributed by atoms with Gasteiger partial charge in [0.1, 0.15) is 0 Å². The second kappa shape index (κ2) is 10.3. The van der Waals surface area contributed by atoms with Crippen molar-refractivity contribution >= 4 is 16.0 Å². The van der Waals surface area contributed by atoms with E-state index in [1.54, 1.807) is 6.08 Å². The van der Waals surface area contributed by atoms with E-state index in [9.17, 15) is 17.8 Å². The zero-order valence-electron chi connectivity index (χ0n) is 9.73. The second-order valence-corrected chi connectivity index (χ2v) is 4.62. The molecule has 0 unspecified atom stereocenters. The third-order valence-electron chi connectivity index (χ3n) is 1.64. The molecule has 0 saturated heterocycles. The molecule has 0 fully saturated rings. The molecule has 1 amide bonds. The summed E-state index contributed by atoms with van der Waals surface area (Å²) < 4.78 is 30.6. The molecule has 1 N–H and O–H groups in total. The normalized spacial score (nSPS) is 11.1. The Balaban J connectivity index is 0. The van der Waals surface area contributed by atoms with Crippen LogP contribution in [-0.4, -0.2) is 31.2 Å². The Morgan fingerprint density at radius 3 is 2.56 bits per heavy atom. The minimum absolute atomic E-state index is 0. The molecule has 0 aliphatic carbocycles. The molecule has 0 aromatic rings. The van der Waals surface area contributed by atoms with Crippen molar-refractivity contribution in [1.29, 1.82) is 0 Å². The summed E-state index contributed by atoms with van der Waals surface area (Å²) in [5.41, 5.74) is 0. The number of carbonyl (C=O) groups excluding carboxylic acids is 1. The van der Waals surface area contributed by atoms with Crippen LogP contribution < -0.4 is 34.9 Å². The van der Waals surface area contributed by atoms with Crippen molar-refractivity contribution in [3.8, 4) is 0 Å². The first-order valence-corrected chi connectivity index (χ1v) is 6.41. The van der Waals surface area contributed by atoms with Crippen molar-refractivity contribution in [2.75, 3.05) is 12.3 Å². The predicted octanol–water partition coefficient (Wildman–Crippen LogP) is -2.60. The van der Waals surface area contributed by atoms with E-state index in [0.717, 1.165) is 19.3 Å². The molecule has 0 aliphatic rings. The SMILES string of the molecule is CCCCC=CC(=O)NCCS(=O)(=O)[O-].[Na+].